The maximum atomic E-state index is 12.4. The van der Waals surface area contributed by atoms with E-state index in [2.05, 4.69) is 9.46 Å². The molecular formula is C14H10Cl3NO4S. The number of sulfonamides is 1. The highest BCUT2D eigenvalue weighted by Crippen LogP contribution is 2.30. The molecule has 0 heterocycles. The molecule has 0 fully saturated rings. The number of methoxy groups -OCH3 is 1. The number of carbonyl (C=O) groups excluding carboxylic acids is 1. The van der Waals surface area contributed by atoms with Gasteiger partial charge < -0.3 is 4.74 Å². The van der Waals surface area contributed by atoms with E-state index in [9.17, 15) is 13.2 Å². The van der Waals surface area contributed by atoms with Crippen LogP contribution in [-0.4, -0.2) is 21.5 Å². The Balaban J connectivity index is 2.45. The first-order chi connectivity index (χ1) is 10.7. The Bertz CT molecular complexity index is 868. The van der Waals surface area contributed by atoms with Crippen LogP contribution in [0.4, 0.5) is 5.69 Å². The van der Waals surface area contributed by atoms with Gasteiger partial charge in [-0.3, -0.25) is 4.72 Å². The Hall–Kier alpha value is -1.47. The molecule has 5 nitrogen and oxygen atoms in total. The van der Waals surface area contributed by atoms with Gasteiger partial charge in [-0.1, -0.05) is 34.8 Å². The fraction of sp³-hybridized carbons (Fsp3) is 0.0714. The Morgan fingerprint density at radius 3 is 2.35 bits per heavy atom. The van der Waals surface area contributed by atoms with Gasteiger partial charge >= 0.3 is 5.97 Å². The van der Waals surface area contributed by atoms with Crippen molar-refractivity contribution in [3.63, 3.8) is 0 Å². The van der Waals surface area contributed by atoms with E-state index < -0.39 is 16.0 Å². The van der Waals surface area contributed by atoms with Gasteiger partial charge in [-0.15, -0.1) is 0 Å². The average Bonchev–Trinajstić information content (AvgIpc) is 2.50. The van der Waals surface area contributed by atoms with Crippen molar-refractivity contribution in [2.24, 2.45) is 0 Å². The number of nitrogens with one attached hydrogen (secondary N) is 1. The smallest absolute Gasteiger partial charge is 0.337 e. The van der Waals surface area contributed by atoms with E-state index in [1.54, 1.807) is 0 Å². The molecule has 0 spiro atoms. The molecule has 0 radical (unpaired) electrons. The molecule has 0 aromatic heterocycles. The van der Waals surface area contributed by atoms with E-state index in [1.807, 2.05) is 0 Å². The lowest BCUT2D eigenvalue weighted by atomic mass is 10.2. The van der Waals surface area contributed by atoms with Crippen molar-refractivity contribution in [2.75, 3.05) is 11.8 Å². The predicted molar refractivity (Wildman–Crippen MR) is 90.1 cm³/mol. The van der Waals surface area contributed by atoms with Crippen molar-refractivity contribution in [1.29, 1.82) is 0 Å². The number of anilines is 1. The highest BCUT2D eigenvalue weighted by Gasteiger charge is 2.20. The van der Waals surface area contributed by atoms with Crippen LogP contribution in [0, 0.1) is 0 Å². The molecule has 2 aromatic rings. The first kappa shape index (κ1) is 17.9. The topological polar surface area (TPSA) is 72.5 Å². The Kier molecular flexibility index (Phi) is 5.41. The molecule has 0 aliphatic heterocycles. The van der Waals surface area contributed by atoms with Crippen LogP contribution in [0.15, 0.2) is 41.3 Å². The van der Waals surface area contributed by atoms with E-state index in [0.717, 1.165) is 0 Å². The minimum absolute atomic E-state index is 0.00199. The van der Waals surface area contributed by atoms with Gasteiger partial charge in [0, 0.05) is 5.02 Å². The van der Waals surface area contributed by atoms with Crippen molar-refractivity contribution < 1.29 is 17.9 Å². The van der Waals surface area contributed by atoms with Gasteiger partial charge in [0.05, 0.1) is 28.4 Å². The van der Waals surface area contributed by atoms with Crippen molar-refractivity contribution in [1.82, 2.24) is 0 Å². The molecular weight excluding hydrogens is 385 g/mol. The zero-order chi connectivity index (χ0) is 17.2. The molecule has 9 heteroatoms. The molecule has 0 atom stereocenters. The SMILES string of the molecule is COC(=O)c1ccc(Cl)c(NS(=O)(=O)c2cc(Cl)ccc2Cl)c1. The molecule has 0 aliphatic rings. The third-order valence-electron chi connectivity index (χ3n) is 2.81. The third kappa shape index (κ3) is 4.09. The number of hydrogen-bond donors (Lipinski definition) is 1. The average molecular weight is 395 g/mol. The second-order valence-corrected chi connectivity index (χ2v) is 7.27. The minimum Gasteiger partial charge on any atom is -0.465 e. The van der Waals surface area contributed by atoms with Gasteiger partial charge in [0.25, 0.3) is 10.0 Å². The zero-order valence-corrected chi connectivity index (χ0v) is 14.7. The maximum absolute atomic E-state index is 12.4. The van der Waals surface area contributed by atoms with E-state index in [4.69, 9.17) is 34.8 Å². The van der Waals surface area contributed by atoms with Crippen LogP contribution in [0.5, 0.6) is 0 Å². The van der Waals surface area contributed by atoms with Gasteiger partial charge in [0.2, 0.25) is 0 Å². The van der Waals surface area contributed by atoms with E-state index in [1.165, 1.54) is 43.5 Å². The molecule has 0 saturated heterocycles. The number of carbonyl (C=O) groups is 1. The van der Waals surface area contributed by atoms with Crippen LogP contribution in [-0.2, 0) is 14.8 Å². The first-order valence-corrected chi connectivity index (χ1v) is 8.72. The minimum atomic E-state index is -4.04. The normalized spacial score (nSPS) is 11.1. The largest absolute Gasteiger partial charge is 0.465 e. The summed E-state index contributed by atoms with van der Waals surface area (Å²) in [4.78, 5) is 11.3. The summed E-state index contributed by atoms with van der Waals surface area (Å²) in [6.45, 7) is 0. The Morgan fingerprint density at radius 1 is 1.04 bits per heavy atom. The molecule has 23 heavy (non-hydrogen) atoms. The molecule has 0 unspecified atom stereocenters. The summed E-state index contributed by atoms with van der Waals surface area (Å²) in [7, 11) is -2.83. The fourth-order valence-corrected chi connectivity index (χ4v) is 3.79. The number of esters is 1. The highest BCUT2D eigenvalue weighted by atomic mass is 35.5. The number of ether oxygens (including phenoxy) is 1. The first-order valence-electron chi connectivity index (χ1n) is 6.10. The summed E-state index contributed by atoms with van der Waals surface area (Å²) in [6, 6.07) is 8.11. The molecule has 1 N–H and O–H groups in total. The van der Waals surface area contributed by atoms with Crippen LogP contribution >= 0.6 is 34.8 Å². The van der Waals surface area contributed by atoms with E-state index in [0.29, 0.717) is 0 Å². The summed E-state index contributed by atoms with van der Waals surface area (Å²) >= 11 is 17.7. The summed E-state index contributed by atoms with van der Waals surface area (Å²) in [5.41, 5.74) is 0.164. The number of rotatable bonds is 4. The molecule has 0 bridgehead atoms. The van der Waals surface area contributed by atoms with E-state index in [-0.39, 0.29) is 31.2 Å². The number of benzene rings is 2. The second kappa shape index (κ2) is 6.97. The maximum Gasteiger partial charge on any atom is 0.337 e. The summed E-state index contributed by atoms with van der Waals surface area (Å²) in [6.07, 6.45) is 0. The van der Waals surface area contributed by atoms with Crippen LogP contribution in [0.2, 0.25) is 15.1 Å². The van der Waals surface area contributed by atoms with Gasteiger partial charge in [-0.2, -0.15) is 0 Å². The van der Waals surface area contributed by atoms with Gasteiger partial charge in [-0.25, -0.2) is 13.2 Å². The van der Waals surface area contributed by atoms with Crippen molar-refractivity contribution >= 4 is 56.5 Å². The summed E-state index contributed by atoms with van der Waals surface area (Å²) in [5, 5.41) is 0.325. The van der Waals surface area contributed by atoms with E-state index >= 15 is 0 Å². The number of halogens is 3. The van der Waals surface area contributed by atoms with Crippen molar-refractivity contribution in [3.05, 3.63) is 57.0 Å². The standard InChI is InChI=1S/C14H10Cl3NO4S/c1-22-14(19)8-2-4-10(16)12(6-8)18-23(20,21)13-7-9(15)3-5-11(13)17/h2-7,18H,1H3. The second-order valence-electron chi connectivity index (χ2n) is 4.37. The third-order valence-corrected chi connectivity index (χ3v) is 5.23. The quantitative estimate of drug-likeness (QED) is 0.788. The molecule has 122 valence electrons. The Labute approximate surface area is 148 Å². The van der Waals surface area contributed by atoms with Gasteiger partial charge in [-0.05, 0) is 36.4 Å². The summed E-state index contributed by atoms with van der Waals surface area (Å²) < 4.78 is 31.8. The number of hydrogen-bond acceptors (Lipinski definition) is 4. The molecule has 0 aliphatic carbocycles. The molecule has 2 aromatic carbocycles. The van der Waals surface area contributed by atoms with Crippen LogP contribution in [0.25, 0.3) is 0 Å². The highest BCUT2D eigenvalue weighted by molar-refractivity contribution is 7.92. The fourth-order valence-electron chi connectivity index (χ4n) is 1.73. The van der Waals surface area contributed by atoms with Crippen molar-refractivity contribution in [2.45, 2.75) is 4.90 Å². The van der Waals surface area contributed by atoms with Crippen LogP contribution in [0.1, 0.15) is 10.4 Å². The lowest BCUT2D eigenvalue weighted by Gasteiger charge is -2.12. The summed E-state index contributed by atoms with van der Waals surface area (Å²) in [5.74, 6) is -0.622. The zero-order valence-electron chi connectivity index (χ0n) is 11.6. The van der Waals surface area contributed by atoms with Gasteiger partial charge in [0.15, 0.2) is 0 Å². The lowest BCUT2D eigenvalue weighted by molar-refractivity contribution is 0.0601. The van der Waals surface area contributed by atoms with Crippen molar-refractivity contribution in [3.8, 4) is 0 Å². The molecule has 2 rings (SSSR count). The lowest BCUT2D eigenvalue weighted by Crippen LogP contribution is -2.14. The predicted octanol–water partition coefficient (Wildman–Crippen LogP) is 4.23. The molecule has 0 saturated carbocycles. The monoisotopic (exact) mass is 393 g/mol. The Morgan fingerprint density at radius 2 is 1.70 bits per heavy atom. The van der Waals surface area contributed by atoms with Crippen LogP contribution in [0.3, 0.4) is 0 Å². The van der Waals surface area contributed by atoms with Gasteiger partial charge in [0.1, 0.15) is 4.90 Å². The molecule has 0 amide bonds. The van der Waals surface area contributed by atoms with Crippen LogP contribution < -0.4 is 4.72 Å².